The highest BCUT2D eigenvalue weighted by atomic mass is 32.2. The van der Waals surface area contributed by atoms with Crippen molar-refractivity contribution >= 4 is 34.5 Å². The summed E-state index contributed by atoms with van der Waals surface area (Å²) in [4.78, 5) is 21.7. The Morgan fingerprint density at radius 1 is 1.19 bits per heavy atom. The lowest BCUT2D eigenvalue weighted by Gasteiger charge is -2.00. The minimum Gasteiger partial charge on any atom is -0.388 e. The van der Waals surface area contributed by atoms with E-state index in [1.807, 2.05) is 0 Å². The van der Waals surface area contributed by atoms with Gasteiger partial charge in [0.2, 0.25) is 0 Å². The molecule has 9 heteroatoms. The van der Waals surface area contributed by atoms with Gasteiger partial charge in [-0.15, -0.1) is 11.3 Å². The van der Waals surface area contributed by atoms with Crippen molar-refractivity contribution in [3.63, 3.8) is 0 Å². The Kier molecular flexibility index (Phi) is 4.56. The summed E-state index contributed by atoms with van der Waals surface area (Å²) in [5, 5.41) is 31.5. The number of nitro benzene ring substituents is 1. The molecule has 1 unspecified atom stereocenters. The smallest absolute Gasteiger partial charge is 0.294 e. The Balaban J connectivity index is 2.44. The van der Waals surface area contributed by atoms with Crippen LogP contribution in [0.15, 0.2) is 39.4 Å². The van der Waals surface area contributed by atoms with Crippen molar-refractivity contribution in [1.29, 1.82) is 0 Å². The lowest BCUT2D eigenvalue weighted by atomic mass is 10.3. The molecule has 1 N–H and O–H groups in total. The number of hydrogen-bond donors (Lipinski definition) is 1. The molecule has 1 atom stereocenters. The van der Waals surface area contributed by atoms with Crippen LogP contribution in [0.4, 0.5) is 11.4 Å². The normalized spacial score (nSPS) is 12.1. The van der Waals surface area contributed by atoms with Gasteiger partial charge in [0, 0.05) is 17.0 Å². The fraction of sp³-hybridized carbons (Fsp3) is 0.167. The first-order valence-electron chi connectivity index (χ1n) is 5.77. The molecular formula is C12H10N2O5S2. The van der Waals surface area contributed by atoms with Crippen molar-refractivity contribution in [3.05, 3.63) is 55.4 Å². The van der Waals surface area contributed by atoms with E-state index in [-0.39, 0.29) is 11.4 Å². The van der Waals surface area contributed by atoms with Gasteiger partial charge >= 0.3 is 0 Å². The van der Waals surface area contributed by atoms with Crippen LogP contribution < -0.4 is 0 Å². The van der Waals surface area contributed by atoms with Crippen LogP contribution >= 0.6 is 23.1 Å². The highest BCUT2D eigenvalue weighted by Crippen LogP contribution is 2.45. The van der Waals surface area contributed by atoms with Crippen molar-refractivity contribution in [2.75, 3.05) is 0 Å². The summed E-state index contributed by atoms with van der Waals surface area (Å²) >= 11 is 2.02. The average molecular weight is 326 g/mol. The van der Waals surface area contributed by atoms with Gasteiger partial charge in [-0.3, -0.25) is 20.2 Å². The number of nitrogens with zero attached hydrogens (tertiary/aromatic N) is 2. The van der Waals surface area contributed by atoms with E-state index < -0.39 is 16.0 Å². The second-order valence-electron chi connectivity index (χ2n) is 4.08. The summed E-state index contributed by atoms with van der Waals surface area (Å²) in [6.45, 7) is 1.51. The van der Waals surface area contributed by atoms with Crippen molar-refractivity contribution in [1.82, 2.24) is 0 Å². The van der Waals surface area contributed by atoms with Crippen LogP contribution in [-0.2, 0) is 0 Å². The molecular weight excluding hydrogens is 316 g/mol. The molecule has 0 aliphatic rings. The highest BCUT2D eigenvalue weighted by Gasteiger charge is 2.24. The fourth-order valence-corrected chi connectivity index (χ4v) is 3.93. The molecule has 0 spiro atoms. The molecule has 1 aromatic heterocycles. The number of para-hydroxylation sites is 1. The van der Waals surface area contributed by atoms with Crippen LogP contribution in [0.3, 0.4) is 0 Å². The van der Waals surface area contributed by atoms with E-state index in [9.17, 15) is 25.3 Å². The summed E-state index contributed by atoms with van der Waals surface area (Å²) in [6.07, 6.45) is -0.825. The van der Waals surface area contributed by atoms with E-state index >= 15 is 0 Å². The summed E-state index contributed by atoms with van der Waals surface area (Å²) < 4.78 is 0.310. The van der Waals surface area contributed by atoms with Gasteiger partial charge in [0.25, 0.3) is 11.4 Å². The molecule has 2 rings (SSSR count). The van der Waals surface area contributed by atoms with Gasteiger partial charge < -0.3 is 5.11 Å². The zero-order valence-corrected chi connectivity index (χ0v) is 12.4. The number of aliphatic hydroxyl groups excluding tert-OH is 1. The van der Waals surface area contributed by atoms with Crippen LogP contribution in [0.1, 0.15) is 17.9 Å². The van der Waals surface area contributed by atoms with Gasteiger partial charge in [-0.2, -0.15) is 0 Å². The van der Waals surface area contributed by atoms with Gasteiger partial charge in [-0.05, 0) is 13.0 Å². The molecule has 0 saturated carbocycles. The minimum atomic E-state index is -0.825. The summed E-state index contributed by atoms with van der Waals surface area (Å²) in [5.74, 6) is 0. The van der Waals surface area contributed by atoms with Gasteiger partial charge in [0.15, 0.2) is 0 Å². The van der Waals surface area contributed by atoms with Gasteiger partial charge in [0.05, 0.1) is 20.8 Å². The summed E-state index contributed by atoms with van der Waals surface area (Å²) in [7, 11) is 0. The molecule has 1 aromatic carbocycles. The number of hydrogen-bond acceptors (Lipinski definition) is 7. The second kappa shape index (κ2) is 6.20. The Bertz CT molecular complexity index is 699. The molecule has 0 bridgehead atoms. The third kappa shape index (κ3) is 3.38. The van der Waals surface area contributed by atoms with E-state index in [0.717, 1.165) is 23.1 Å². The highest BCUT2D eigenvalue weighted by molar-refractivity contribution is 8.01. The monoisotopic (exact) mass is 326 g/mol. The van der Waals surface area contributed by atoms with Crippen LogP contribution in [0.2, 0.25) is 0 Å². The standard InChI is InChI=1S/C12H10N2O5S2/c1-7(15)11-6-9(14(18)19)12(21-11)20-10-5-3-2-4-8(10)13(16)17/h2-7,15H,1H3. The SMILES string of the molecule is CC(O)c1cc([N+](=O)[O-])c(Sc2ccccc2[N+](=O)[O-])s1. The quantitative estimate of drug-likeness (QED) is 0.662. The number of rotatable bonds is 5. The van der Waals surface area contributed by atoms with Crippen LogP contribution in [0, 0.1) is 20.2 Å². The number of thiophene rings is 1. The molecule has 110 valence electrons. The predicted octanol–water partition coefficient (Wildman–Crippen LogP) is 3.77. The Hall–Kier alpha value is -1.97. The van der Waals surface area contributed by atoms with E-state index in [0.29, 0.717) is 14.0 Å². The van der Waals surface area contributed by atoms with Gasteiger partial charge in [-0.25, -0.2) is 0 Å². The van der Waals surface area contributed by atoms with Gasteiger partial charge in [-0.1, -0.05) is 23.9 Å². The van der Waals surface area contributed by atoms with E-state index in [1.54, 1.807) is 6.07 Å². The van der Waals surface area contributed by atoms with E-state index in [1.165, 1.54) is 31.2 Å². The second-order valence-corrected chi connectivity index (χ2v) is 6.48. The predicted molar refractivity (Wildman–Crippen MR) is 78.8 cm³/mol. The van der Waals surface area contributed by atoms with Crippen molar-refractivity contribution < 1.29 is 15.0 Å². The topological polar surface area (TPSA) is 107 Å². The lowest BCUT2D eigenvalue weighted by Crippen LogP contribution is -1.90. The Morgan fingerprint density at radius 2 is 1.81 bits per heavy atom. The molecule has 0 aliphatic carbocycles. The molecule has 7 nitrogen and oxygen atoms in total. The average Bonchev–Trinajstić information content (AvgIpc) is 2.83. The third-order valence-corrected chi connectivity index (χ3v) is 5.12. The molecule has 0 saturated heterocycles. The first-order valence-corrected chi connectivity index (χ1v) is 7.41. The number of aliphatic hydroxyl groups is 1. The van der Waals surface area contributed by atoms with Gasteiger partial charge in [0.1, 0.15) is 4.21 Å². The van der Waals surface area contributed by atoms with E-state index in [2.05, 4.69) is 0 Å². The van der Waals surface area contributed by atoms with Crippen LogP contribution in [0.25, 0.3) is 0 Å². The van der Waals surface area contributed by atoms with Crippen molar-refractivity contribution in [2.45, 2.75) is 22.1 Å². The molecule has 2 aromatic rings. The summed E-state index contributed by atoms with van der Waals surface area (Å²) in [6, 6.07) is 7.34. The molecule has 0 amide bonds. The molecule has 1 heterocycles. The third-order valence-electron chi connectivity index (χ3n) is 2.57. The first kappa shape index (κ1) is 15.4. The Labute approximate surface area is 127 Å². The molecule has 0 radical (unpaired) electrons. The maximum atomic E-state index is 11.1. The maximum absolute atomic E-state index is 11.1. The lowest BCUT2D eigenvalue weighted by molar-refractivity contribution is -0.388. The van der Waals surface area contributed by atoms with E-state index in [4.69, 9.17) is 0 Å². The molecule has 21 heavy (non-hydrogen) atoms. The summed E-state index contributed by atoms with van der Waals surface area (Å²) in [5.41, 5.74) is -0.261. The van der Waals surface area contributed by atoms with Crippen LogP contribution in [-0.4, -0.2) is 15.0 Å². The zero-order valence-electron chi connectivity index (χ0n) is 10.8. The number of nitro groups is 2. The zero-order chi connectivity index (χ0) is 15.6. The minimum absolute atomic E-state index is 0.108. The molecule has 0 fully saturated rings. The van der Waals surface area contributed by atoms with Crippen molar-refractivity contribution in [3.8, 4) is 0 Å². The fourth-order valence-electron chi connectivity index (χ4n) is 1.58. The largest absolute Gasteiger partial charge is 0.388 e. The van der Waals surface area contributed by atoms with Crippen LogP contribution in [0.5, 0.6) is 0 Å². The van der Waals surface area contributed by atoms with Crippen molar-refractivity contribution in [2.24, 2.45) is 0 Å². The first-order chi connectivity index (χ1) is 9.90. The molecule has 0 aliphatic heterocycles. The maximum Gasteiger partial charge on any atom is 0.294 e. The Morgan fingerprint density at radius 3 is 2.38 bits per heavy atom. The number of benzene rings is 1.